The lowest BCUT2D eigenvalue weighted by Gasteiger charge is -2.07. The second kappa shape index (κ2) is 5.92. The van der Waals surface area contributed by atoms with E-state index in [2.05, 4.69) is 25.3 Å². The number of ether oxygens (including phenoxy) is 1. The van der Waals surface area contributed by atoms with Crippen molar-refractivity contribution in [2.24, 2.45) is 0 Å². The van der Waals surface area contributed by atoms with E-state index >= 15 is 0 Å². The summed E-state index contributed by atoms with van der Waals surface area (Å²) in [5.41, 5.74) is 0.753. The van der Waals surface area contributed by atoms with Crippen LogP contribution in [0.1, 0.15) is 0 Å². The van der Waals surface area contributed by atoms with Crippen LogP contribution in [0.15, 0.2) is 55.1 Å². The highest BCUT2D eigenvalue weighted by Crippen LogP contribution is 2.33. The first-order valence-corrected chi connectivity index (χ1v) is 7.12. The number of nitro groups is 1. The Bertz CT molecular complexity index is 1070. The molecule has 0 unspecified atom stereocenters. The fourth-order valence-electron chi connectivity index (χ4n) is 2.29. The summed E-state index contributed by atoms with van der Waals surface area (Å²) in [6.07, 6.45) is 4.16. The molecule has 0 bridgehead atoms. The SMILES string of the molecule is O=[N+]([O-])c1c(Oc2cccnc2)ncnc1-n1nnc2ccccc21. The fraction of sp³-hybridized carbons (Fsp3) is 0. The summed E-state index contributed by atoms with van der Waals surface area (Å²) in [5, 5.41) is 19.6. The van der Waals surface area contributed by atoms with Crippen LogP contribution in [0.4, 0.5) is 5.69 Å². The van der Waals surface area contributed by atoms with E-state index in [1.165, 1.54) is 17.2 Å². The van der Waals surface area contributed by atoms with E-state index in [-0.39, 0.29) is 11.7 Å². The van der Waals surface area contributed by atoms with Gasteiger partial charge in [0.2, 0.25) is 5.82 Å². The topological polar surface area (TPSA) is 122 Å². The smallest absolute Gasteiger partial charge is 0.375 e. The molecule has 3 heterocycles. The van der Waals surface area contributed by atoms with Crippen LogP contribution in [0, 0.1) is 10.1 Å². The van der Waals surface area contributed by atoms with Crippen molar-refractivity contribution in [3.8, 4) is 17.4 Å². The van der Waals surface area contributed by atoms with Crippen LogP contribution in [0.2, 0.25) is 0 Å². The number of hydrogen-bond acceptors (Lipinski definition) is 8. The molecule has 0 saturated heterocycles. The molecule has 3 aromatic heterocycles. The van der Waals surface area contributed by atoms with Gasteiger partial charge in [0.25, 0.3) is 0 Å². The molecule has 4 rings (SSSR count). The van der Waals surface area contributed by atoms with Crippen LogP contribution in [0.3, 0.4) is 0 Å². The molecule has 0 N–H and O–H groups in total. The predicted molar refractivity (Wildman–Crippen MR) is 85.4 cm³/mol. The molecule has 0 aliphatic rings. The van der Waals surface area contributed by atoms with Crippen molar-refractivity contribution >= 4 is 16.7 Å². The average Bonchev–Trinajstić information content (AvgIpc) is 3.06. The third-order valence-electron chi connectivity index (χ3n) is 3.35. The molecule has 10 heteroatoms. The van der Waals surface area contributed by atoms with Gasteiger partial charge in [0.1, 0.15) is 17.6 Å². The number of fused-ring (bicyclic) bond motifs is 1. The Labute approximate surface area is 139 Å². The lowest BCUT2D eigenvalue weighted by Crippen LogP contribution is -2.07. The lowest BCUT2D eigenvalue weighted by molar-refractivity contribution is -0.386. The van der Waals surface area contributed by atoms with Gasteiger partial charge in [-0.15, -0.1) is 5.10 Å². The summed E-state index contributed by atoms with van der Waals surface area (Å²) in [6.45, 7) is 0. The monoisotopic (exact) mass is 335 g/mol. The van der Waals surface area contributed by atoms with E-state index in [0.29, 0.717) is 16.8 Å². The maximum Gasteiger partial charge on any atom is 0.375 e. The van der Waals surface area contributed by atoms with Crippen molar-refractivity contribution in [2.45, 2.75) is 0 Å². The Morgan fingerprint density at radius 1 is 1.12 bits per heavy atom. The molecular weight excluding hydrogens is 326 g/mol. The molecule has 0 amide bonds. The minimum atomic E-state index is -0.614. The molecule has 25 heavy (non-hydrogen) atoms. The highest BCUT2D eigenvalue weighted by atomic mass is 16.6. The van der Waals surface area contributed by atoms with Crippen molar-refractivity contribution in [3.63, 3.8) is 0 Å². The molecule has 10 nitrogen and oxygen atoms in total. The zero-order chi connectivity index (χ0) is 17.2. The van der Waals surface area contributed by atoms with E-state index in [9.17, 15) is 10.1 Å². The Kier molecular flexibility index (Phi) is 3.47. The molecule has 4 aromatic rings. The van der Waals surface area contributed by atoms with Gasteiger partial charge in [-0.05, 0) is 24.3 Å². The van der Waals surface area contributed by atoms with Gasteiger partial charge in [0, 0.05) is 6.20 Å². The van der Waals surface area contributed by atoms with E-state index in [0.717, 1.165) is 0 Å². The highest BCUT2D eigenvalue weighted by Gasteiger charge is 2.28. The third kappa shape index (κ3) is 2.61. The van der Waals surface area contributed by atoms with Gasteiger partial charge in [0.05, 0.1) is 16.6 Å². The molecule has 0 saturated carbocycles. The summed E-state index contributed by atoms with van der Waals surface area (Å²) in [4.78, 5) is 22.8. The largest absolute Gasteiger partial charge is 0.432 e. The van der Waals surface area contributed by atoms with Crippen LogP contribution in [0.25, 0.3) is 16.9 Å². The Morgan fingerprint density at radius 3 is 2.80 bits per heavy atom. The number of pyridine rings is 1. The van der Waals surface area contributed by atoms with Crippen molar-refractivity contribution in [3.05, 3.63) is 65.2 Å². The minimum absolute atomic E-state index is 0.0346. The second-order valence-corrected chi connectivity index (χ2v) is 4.89. The number of nitrogens with zero attached hydrogens (tertiary/aromatic N) is 7. The summed E-state index contributed by atoms with van der Waals surface area (Å²) >= 11 is 0. The number of rotatable bonds is 4. The molecule has 1 aromatic carbocycles. The van der Waals surface area contributed by atoms with Gasteiger partial charge >= 0.3 is 11.6 Å². The molecule has 0 atom stereocenters. The summed E-state index contributed by atoms with van der Waals surface area (Å²) < 4.78 is 6.79. The standard InChI is InChI=1S/C15H9N7O3/c23-22(24)13-14(21-12-6-2-1-5-11(12)19-20-21)17-9-18-15(13)25-10-4-3-7-16-8-10/h1-9H. The van der Waals surface area contributed by atoms with E-state index < -0.39 is 10.6 Å². The number of benzene rings is 1. The zero-order valence-corrected chi connectivity index (χ0v) is 12.6. The van der Waals surface area contributed by atoms with Crippen LogP contribution < -0.4 is 4.74 Å². The van der Waals surface area contributed by atoms with E-state index in [1.54, 1.807) is 42.6 Å². The molecule has 0 spiro atoms. The molecule has 0 radical (unpaired) electrons. The second-order valence-electron chi connectivity index (χ2n) is 4.89. The first kappa shape index (κ1) is 14.6. The van der Waals surface area contributed by atoms with Crippen LogP contribution in [-0.2, 0) is 0 Å². The van der Waals surface area contributed by atoms with Gasteiger partial charge in [-0.1, -0.05) is 17.3 Å². The molecule has 0 fully saturated rings. The first-order valence-electron chi connectivity index (χ1n) is 7.12. The normalized spacial score (nSPS) is 10.7. The maximum absolute atomic E-state index is 11.6. The number of aromatic nitrogens is 6. The average molecular weight is 335 g/mol. The fourth-order valence-corrected chi connectivity index (χ4v) is 2.29. The maximum atomic E-state index is 11.6. The van der Waals surface area contributed by atoms with Gasteiger partial charge in [0.15, 0.2) is 0 Å². The van der Waals surface area contributed by atoms with Crippen LogP contribution in [0.5, 0.6) is 11.6 Å². The van der Waals surface area contributed by atoms with Crippen molar-refractivity contribution in [2.75, 3.05) is 0 Å². The van der Waals surface area contributed by atoms with Crippen LogP contribution >= 0.6 is 0 Å². The Hall–Kier alpha value is -3.95. The van der Waals surface area contributed by atoms with Gasteiger partial charge < -0.3 is 4.74 Å². The Balaban J connectivity index is 1.89. The highest BCUT2D eigenvalue weighted by molar-refractivity contribution is 5.76. The van der Waals surface area contributed by atoms with Gasteiger partial charge in [-0.2, -0.15) is 9.67 Å². The quantitative estimate of drug-likeness (QED) is 0.411. The van der Waals surface area contributed by atoms with Crippen molar-refractivity contribution < 1.29 is 9.66 Å². The number of para-hydroxylation sites is 1. The summed E-state index contributed by atoms with van der Waals surface area (Å²) in [6, 6.07) is 10.3. The summed E-state index contributed by atoms with van der Waals surface area (Å²) in [5.74, 6) is 0.0777. The van der Waals surface area contributed by atoms with E-state index in [4.69, 9.17) is 4.74 Å². The molecule has 122 valence electrons. The Morgan fingerprint density at radius 2 is 2.00 bits per heavy atom. The predicted octanol–water partition coefficient (Wildman–Crippen LogP) is 2.31. The third-order valence-corrected chi connectivity index (χ3v) is 3.35. The van der Waals surface area contributed by atoms with Crippen molar-refractivity contribution in [1.29, 1.82) is 0 Å². The first-order chi connectivity index (χ1) is 12.2. The van der Waals surface area contributed by atoms with Gasteiger partial charge in [-0.3, -0.25) is 15.1 Å². The van der Waals surface area contributed by atoms with Crippen molar-refractivity contribution in [1.82, 2.24) is 29.9 Å². The van der Waals surface area contributed by atoms with E-state index in [1.807, 2.05) is 0 Å². The molecular formula is C15H9N7O3. The molecule has 0 aliphatic carbocycles. The molecule has 0 aliphatic heterocycles. The summed E-state index contributed by atoms with van der Waals surface area (Å²) in [7, 11) is 0. The minimum Gasteiger partial charge on any atom is -0.432 e. The van der Waals surface area contributed by atoms with Gasteiger partial charge in [-0.25, -0.2) is 4.98 Å². The zero-order valence-electron chi connectivity index (χ0n) is 12.6. The van der Waals surface area contributed by atoms with Crippen LogP contribution in [-0.4, -0.2) is 34.9 Å². The lowest BCUT2D eigenvalue weighted by atomic mass is 10.3. The number of hydrogen-bond donors (Lipinski definition) is 0.